The molecule has 1 heterocycles. The zero-order valence-electron chi connectivity index (χ0n) is 12.1. The van der Waals surface area contributed by atoms with Gasteiger partial charge in [-0.3, -0.25) is 0 Å². The lowest BCUT2D eigenvalue weighted by Crippen LogP contribution is -1.95. The van der Waals surface area contributed by atoms with E-state index in [1.807, 2.05) is 31.2 Å². The summed E-state index contributed by atoms with van der Waals surface area (Å²) in [6, 6.07) is 15.4. The predicted molar refractivity (Wildman–Crippen MR) is 88.0 cm³/mol. The molecule has 0 saturated carbocycles. The van der Waals surface area contributed by atoms with E-state index in [0.29, 0.717) is 11.4 Å². The lowest BCUT2D eigenvalue weighted by Gasteiger charge is -2.04. The minimum atomic E-state index is 0.430. The lowest BCUT2D eigenvalue weighted by molar-refractivity contribution is 1.35. The summed E-state index contributed by atoms with van der Waals surface area (Å²) in [6.07, 6.45) is 1.76. The SMILES string of the molecule is Cc1ccc2cnc(N)c(C#Cc3ccc(C#N)cc3)c2c1. The van der Waals surface area contributed by atoms with Gasteiger partial charge in [0.1, 0.15) is 5.82 Å². The smallest absolute Gasteiger partial charge is 0.139 e. The molecule has 3 nitrogen and oxygen atoms in total. The maximum atomic E-state index is 8.81. The Morgan fingerprint density at radius 1 is 1.00 bits per heavy atom. The number of anilines is 1. The Labute approximate surface area is 129 Å². The van der Waals surface area contributed by atoms with Gasteiger partial charge in [0.05, 0.1) is 17.2 Å². The van der Waals surface area contributed by atoms with E-state index in [2.05, 4.69) is 29.0 Å². The second kappa shape index (κ2) is 5.60. The van der Waals surface area contributed by atoms with Crippen molar-refractivity contribution in [3.05, 3.63) is 70.9 Å². The molecule has 0 unspecified atom stereocenters. The highest BCUT2D eigenvalue weighted by Crippen LogP contribution is 2.22. The van der Waals surface area contributed by atoms with Crippen molar-refractivity contribution in [1.29, 1.82) is 5.26 Å². The Morgan fingerprint density at radius 2 is 1.73 bits per heavy atom. The Hall–Kier alpha value is -3.30. The van der Waals surface area contributed by atoms with E-state index in [1.165, 1.54) is 0 Å². The number of hydrogen-bond donors (Lipinski definition) is 1. The van der Waals surface area contributed by atoms with Gasteiger partial charge in [-0.2, -0.15) is 5.26 Å². The second-order valence-electron chi connectivity index (χ2n) is 5.05. The van der Waals surface area contributed by atoms with E-state index < -0.39 is 0 Å². The molecule has 0 spiro atoms. The molecule has 0 atom stereocenters. The van der Waals surface area contributed by atoms with Crippen LogP contribution in [0.3, 0.4) is 0 Å². The van der Waals surface area contributed by atoms with Gasteiger partial charge in [-0.15, -0.1) is 0 Å². The summed E-state index contributed by atoms with van der Waals surface area (Å²) in [5.74, 6) is 6.63. The van der Waals surface area contributed by atoms with E-state index >= 15 is 0 Å². The van der Waals surface area contributed by atoms with Crippen LogP contribution in [0.2, 0.25) is 0 Å². The van der Waals surface area contributed by atoms with Crippen molar-refractivity contribution < 1.29 is 0 Å². The first-order chi connectivity index (χ1) is 10.7. The summed E-state index contributed by atoms with van der Waals surface area (Å²) in [7, 11) is 0. The number of nitriles is 1. The average Bonchev–Trinajstić information content (AvgIpc) is 2.54. The molecule has 0 fully saturated rings. The molecule has 104 valence electrons. The van der Waals surface area contributed by atoms with E-state index in [1.54, 1.807) is 18.3 Å². The van der Waals surface area contributed by atoms with Crippen molar-refractivity contribution >= 4 is 16.6 Å². The molecule has 0 radical (unpaired) electrons. The van der Waals surface area contributed by atoms with E-state index in [0.717, 1.165) is 27.5 Å². The summed E-state index contributed by atoms with van der Waals surface area (Å²) in [4.78, 5) is 4.21. The van der Waals surface area contributed by atoms with Gasteiger partial charge < -0.3 is 5.73 Å². The fourth-order valence-corrected chi connectivity index (χ4v) is 2.23. The number of hydrogen-bond acceptors (Lipinski definition) is 3. The molecule has 0 amide bonds. The third-order valence-corrected chi connectivity index (χ3v) is 3.42. The van der Waals surface area contributed by atoms with Crippen LogP contribution >= 0.6 is 0 Å². The van der Waals surface area contributed by atoms with Crippen molar-refractivity contribution in [2.75, 3.05) is 5.73 Å². The van der Waals surface area contributed by atoms with Crippen molar-refractivity contribution in [2.45, 2.75) is 6.92 Å². The summed E-state index contributed by atoms with van der Waals surface area (Å²) in [5.41, 5.74) is 9.34. The average molecular weight is 283 g/mol. The Bertz CT molecular complexity index is 947. The van der Waals surface area contributed by atoms with E-state index in [-0.39, 0.29) is 0 Å². The number of rotatable bonds is 0. The maximum Gasteiger partial charge on any atom is 0.139 e. The van der Waals surface area contributed by atoms with E-state index in [4.69, 9.17) is 11.0 Å². The van der Waals surface area contributed by atoms with Gasteiger partial charge in [0.15, 0.2) is 0 Å². The fourth-order valence-electron chi connectivity index (χ4n) is 2.23. The second-order valence-corrected chi connectivity index (χ2v) is 5.05. The first-order valence-electron chi connectivity index (χ1n) is 6.84. The number of nitrogen functional groups attached to an aromatic ring is 1. The molecule has 0 aliphatic carbocycles. The summed E-state index contributed by atoms with van der Waals surface area (Å²) < 4.78 is 0. The van der Waals surface area contributed by atoms with Crippen LogP contribution in [-0.2, 0) is 0 Å². The van der Waals surface area contributed by atoms with Gasteiger partial charge in [-0.1, -0.05) is 29.5 Å². The molecule has 3 aromatic rings. The molecule has 3 rings (SSSR count). The molecule has 0 aliphatic heterocycles. The number of benzene rings is 2. The minimum Gasteiger partial charge on any atom is -0.383 e. The van der Waals surface area contributed by atoms with Gasteiger partial charge >= 0.3 is 0 Å². The largest absolute Gasteiger partial charge is 0.383 e. The van der Waals surface area contributed by atoms with Gasteiger partial charge in [0.2, 0.25) is 0 Å². The molecule has 0 bridgehead atoms. The molecule has 0 aliphatic rings. The Balaban J connectivity index is 2.11. The number of aryl methyl sites for hydroxylation is 1. The van der Waals surface area contributed by atoms with Crippen molar-refractivity contribution in [2.24, 2.45) is 0 Å². The Morgan fingerprint density at radius 3 is 2.45 bits per heavy atom. The first-order valence-corrected chi connectivity index (χ1v) is 6.84. The van der Waals surface area contributed by atoms with Crippen LogP contribution in [-0.4, -0.2) is 4.98 Å². The van der Waals surface area contributed by atoms with Crippen LogP contribution in [0, 0.1) is 30.1 Å². The van der Waals surface area contributed by atoms with Crippen LogP contribution in [0.15, 0.2) is 48.7 Å². The number of nitrogens with zero attached hydrogens (tertiary/aromatic N) is 2. The molecule has 2 aromatic carbocycles. The maximum absolute atomic E-state index is 8.81. The topological polar surface area (TPSA) is 62.7 Å². The highest BCUT2D eigenvalue weighted by atomic mass is 14.8. The third kappa shape index (κ3) is 2.61. The molecule has 22 heavy (non-hydrogen) atoms. The zero-order valence-corrected chi connectivity index (χ0v) is 12.1. The number of pyridine rings is 1. The molecule has 3 heteroatoms. The van der Waals surface area contributed by atoms with Gasteiger partial charge in [0.25, 0.3) is 0 Å². The van der Waals surface area contributed by atoms with Gasteiger partial charge in [0, 0.05) is 22.5 Å². The number of nitrogens with two attached hydrogens (primary N) is 1. The third-order valence-electron chi connectivity index (χ3n) is 3.42. The normalized spacial score (nSPS) is 9.82. The molecule has 0 saturated heterocycles. The summed E-state index contributed by atoms with van der Waals surface area (Å²) >= 11 is 0. The minimum absolute atomic E-state index is 0.430. The predicted octanol–water partition coefficient (Wildman–Crippen LogP) is 3.40. The van der Waals surface area contributed by atoms with Crippen molar-refractivity contribution in [3.63, 3.8) is 0 Å². The summed E-state index contributed by atoms with van der Waals surface area (Å²) in [5, 5.41) is 10.8. The molecule has 1 aromatic heterocycles. The van der Waals surface area contributed by atoms with Crippen LogP contribution in [0.5, 0.6) is 0 Å². The quantitative estimate of drug-likeness (QED) is 0.643. The highest BCUT2D eigenvalue weighted by molar-refractivity contribution is 5.91. The van der Waals surface area contributed by atoms with E-state index in [9.17, 15) is 0 Å². The molecular formula is C19H13N3. The molecular weight excluding hydrogens is 270 g/mol. The monoisotopic (exact) mass is 283 g/mol. The standard InChI is InChI=1S/C19H13N3/c1-13-2-8-16-12-22-19(21)17(18(16)10-13)9-7-14-3-5-15(11-20)6-4-14/h2-6,8,10,12H,1H3,(H2,21,22). The van der Waals surface area contributed by atoms with Crippen LogP contribution in [0.4, 0.5) is 5.82 Å². The summed E-state index contributed by atoms with van der Waals surface area (Å²) in [6.45, 7) is 2.04. The number of aromatic nitrogens is 1. The van der Waals surface area contributed by atoms with Gasteiger partial charge in [-0.05, 0) is 37.3 Å². The zero-order chi connectivity index (χ0) is 15.5. The van der Waals surface area contributed by atoms with Crippen LogP contribution in [0.25, 0.3) is 10.8 Å². The van der Waals surface area contributed by atoms with Crippen molar-refractivity contribution in [3.8, 4) is 17.9 Å². The van der Waals surface area contributed by atoms with Crippen molar-refractivity contribution in [1.82, 2.24) is 4.98 Å². The fraction of sp³-hybridized carbons (Fsp3) is 0.0526. The highest BCUT2D eigenvalue weighted by Gasteiger charge is 2.04. The van der Waals surface area contributed by atoms with Crippen LogP contribution in [0.1, 0.15) is 22.3 Å². The van der Waals surface area contributed by atoms with Gasteiger partial charge in [-0.25, -0.2) is 4.98 Å². The first kappa shape index (κ1) is 13.7. The molecule has 2 N–H and O–H groups in total. The Kier molecular flexibility index (Phi) is 3.48. The number of fused-ring (bicyclic) bond motifs is 1. The lowest BCUT2D eigenvalue weighted by atomic mass is 10.0. The van der Waals surface area contributed by atoms with Crippen LogP contribution < -0.4 is 5.73 Å².